The zero-order valence-electron chi connectivity index (χ0n) is 13.4. The quantitative estimate of drug-likeness (QED) is 0.392. The van der Waals surface area contributed by atoms with Gasteiger partial charge in [-0.2, -0.15) is 0 Å². The van der Waals surface area contributed by atoms with Crippen molar-refractivity contribution in [2.75, 3.05) is 0 Å². The van der Waals surface area contributed by atoms with Gasteiger partial charge in [0.1, 0.15) is 0 Å². The second kappa shape index (κ2) is 30.2. The van der Waals surface area contributed by atoms with Gasteiger partial charge in [-0.05, 0) is 42.4 Å². The Hall–Kier alpha value is -1.74. The van der Waals surface area contributed by atoms with Crippen LogP contribution in [0.2, 0.25) is 0 Å². The van der Waals surface area contributed by atoms with Crippen molar-refractivity contribution in [1.82, 2.24) is 0 Å². The van der Waals surface area contributed by atoms with E-state index >= 15 is 0 Å². The van der Waals surface area contributed by atoms with Gasteiger partial charge in [0.25, 0.3) is 0 Å². The van der Waals surface area contributed by atoms with Gasteiger partial charge in [0.15, 0.2) is 0 Å². The molecule has 1 heterocycles. The largest absolute Gasteiger partial charge is 0 e. The second-order valence-electron chi connectivity index (χ2n) is 3.52. The van der Waals surface area contributed by atoms with E-state index in [9.17, 15) is 0 Å². The minimum Gasteiger partial charge on any atom is 0 e. The van der Waals surface area contributed by atoms with Crippen molar-refractivity contribution in [3.8, 4) is 10.9 Å². The molecule has 2 aromatic rings. The molecule has 0 bridgehead atoms. The number of hydrogen-bond acceptors (Lipinski definition) is 0. The molecule has 0 aliphatic heterocycles. The van der Waals surface area contributed by atoms with Gasteiger partial charge in [-0.3, -0.25) is 0 Å². The maximum absolute atomic E-state index is 7.50. The summed E-state index contributed by atoms with van der Waals surface area (Å²) in [6.07, 6.45) is 0. The van der Waals surface area contributed by atoms with Crippen molar-refractivity contribution in [3.63, 3.8) is 0 Å². The van der Waals surface area contributed by atoms with E-state index in [4.69, 9.17) is 23.3 Å². The maximum atomic E-state index is 7.50. The van der Waals surface area contributed by atoms with Gasteiger partial charge in [-0.1, -0.05) is 38.5 Å². The van der Waals surface area contributed by atoms with Crippen LogP contribution < -0.4 is 0 Å². The van der Waals surface area contributed by atoms with Gasteiger partial charge >= 0.3 is 56.5 Å². The smallest absolute Gasteiger partial charge is 0 e. The first-order valence-corrected chi connectivity index (χ1v) is 6.74. The third kappa shape index (κ3) is 16.9. The van der Waals surface area contributed by atoms with E-state index in [-0.39, 0.29) is 21.1 Å². The van der Waals surface area contributed by atoms with Crippen LogP contribution in [0.15, 0.2) is 42.2 Å². The van der Waals surface area contributed by atoms with Gasteiger partial charge < -0.3 is 0 Å². The summed E-state index contributed by atoms with van der Waals surface area (Å²) >= 11 is 0. The third-order valence-corrected chi connectivity index (χ3v) is 3.62. The summed E-state index contributed by atoms with van der Waals surface area (Å²) in [5, 5.41) is 1.40. The Kier molecular flexibility index (Phi) is 41.7. The van der Waals surface area contributed by atoms with E-state index in [2.05, 4.69) is 89.3 Å². The molecule has 126 valence electrons. The molecule has 0 aliphatic carbocycles. The van der Waals surface area contributed by atoms with Crippen LogP contribution in [-0.4, -0.2) is 0 Å². The van der Waals surface area contributed by atoms with Crippen molar-refractivity contribution in [1.29, 1.82) is 0 Å². The van der Waals surface area contributed by atoms with E-state index in [1.165, 1.54) is 30.2 Å². The Morgan fingerprint density at radius 3 is 1.44 bits per heavy atom. The Morgan fingerprint density at radius 1 is 0.680 bits per heavy atom. The molecule has 0 saturated heterocycles. The van der Waals surface area contributed by atoms with Crippen LogP contribution in [0.1, 0.15) is 11.1 Å². The molecule has 1 aromatic heterocycles. The standard InChI is InChI=1S/C13H13P.5CO.W/c1-10-8-13(14-9-11(10)2)12-6-4-3-5-7-12;5*1-2;/h3-9H,1-2H3;;;;;;. The molecule has 0 atom stereocenters. The van der Waals surface area contributed by atoms with E-state index < -0.39 is 0 Å². The summed E-state index contributed by atoms with van der Waals surface area (Å²) in [5.41, 5.74) is 4.10. The Morgan fingerprint density at radius 2 is 1.08 bits per heavy atom. The number of rotatable bonds is 1. The van der Waals surface area contributed by atoms with Crippen LogP contribution in [0.4, 0.5) is 0 Å². The molecule has 25 heavy (non-hydrogen) atoms. The zero-order valence-corrected chi connectivity index (χ0v) is 17.3. The molecule has 0 saturated carbocycles. The third-order valence-electron chi connectivity index (χ3n) is 2.44. The maximum Gasteiger partial charge on any atom is 0 e. The molecule has 0 amide bonds. The average molecular weight is 524 g/mol. The molecule has 2 rings (SSSR count). The molecule has 0 radical (unpaired) electrons. The zero-order chi connectivity index (χ0) is 20.0. The predicted octanol–water partition coefficient (Wildman–Crippen LogP) is 4.36. The predicted molar refractivity (Wildman–Crippen MR) is 83.5 cm³/mol. The Balaban J connectivity index is -0.000000105. The molecule has 0 aliphatic rings. The van der Waals surface area contributed by atoms with Gasteiger partial charge in [0.05, 0.1) is 0 Å². The van der Waals surface area contributed by atoms with E-state index in [0.717, 1.165) is 0 Å². The fourth-order valence-corrected chi connectivity index (χ4v) is 2.49. The molecule has 1 aromatic carbocycles. The fourth-order valence-electron chi connectivity index (χ4n) is 1.39. The Labute approximate surface area is 163 Å². The van der Waals surface area contributed by atoms with Gasteiger partial charge in [0, 0.05) is 26.4 Å². The van der Waals surface area contributed by atoms with Crippen LogP contribution in [0.3, 0.4) is 0 Å². The number of benzene rings is 1. The first kappa shape index (κ1) is 34.6. The first-order chi connectivity index (χ1) is 11.8. The van der Waals surface area contributed by atoms with Gasteiger partial charge in [0.2, 0.25) is 0 Å². The first-order valence-electron chi connectivity index (χ1n) is 5.78. The van der Waals surface area contributed by atoms with Crippen LogP contribution in [0.5, 0.6) is 0 Å². The molecule has 0 N–H and O–H groups in total. The van der Waals surface area contributed by atoms with Gasteiger partial charge in [-0.15, -0.1) is 0 Å². The minimum atomic E-state index is 0. The topological polar surface area (TPSA) is 99.5 Å². The summed E-state index contributed by atoms with van der Waals surface area (Å²) in [6.45, 7) is 26.8. The molecular formula is C18H13O5PW. The van der Waals surface area contributed by atoms with Crippen molar-refractivity contribution < 1.29 is 44.3 Å². The van der Waals surface area contributed by atoms with Crippen molar-refractivity contribution in [2.45, 2.75) is 13.8 Å². The molecule has 0 unspecified atom stereocenters. The number of aryl methyl sites for hydroxylation is 2. The Bertz CT molecular complexity index is 611. The monoisotopic (exact) mass is 524 g/mol. The summed E-state index contributed by atoms with van der Waals surface area (Å²) in [6, 6.07) is 12.9. The van der Waals surface area contributed by atoms with Crippen LogP contribution in [-0.2, 0) is 44.3 Å². The summed E-state index contributed by atoms with van der Waals surface area (Å²) < 4.78 is 37.5. The van der Waals surface area contributed by atoms with Crippen LogP contribution in [0, 0.1) is 47.1 Å². The minimum absolute atomic E-state index is 0. The van der Waals surface area contributed by atoms with Crippen molar-refractivity contribution >= 4 is 8.19 Å². The normalized spacial score (nSPS) is 6.40. The molecule has 7 heteroatoms. The van der Waals surface area contributed by atoms with Crippen molar-refractivity contribution in [3.05, 3.63) is 86.6 Å². The van der Waals surface area contributed by atoms with E-state index in [1.807, 2.05) is 0 Å². The van der Waals surface area contributed by atoms with Crippen LogP contribution >= 0.6 is 8.19 Å². The SMILES string of the molecule is Cc1cpc(-c2ccccc2)cc1C.[C-]#[O+].[C-]#[O+].[C-]#[O+].[C-]#[O+].[C-]#[O+].[W]. The van der Waals surface area contributed by atoms with E-state index in [0.29, 0.717) is 0 Å². The second-order valence-corrected chi connectivity index (χ2v) is 4.52. The van der Waals surface area contributed by atoms with Gasteiger partial charge in [-0.25, -0.2) is 0 Å². The molecule has 5 nitrogen and oxygen atoms in total. The van der Waals surface area contributed by atoms with Crippen LogP contribution in [0.25, 0.3) is 10.9 Å². The molecule has 0 spiro atoms. The number of hydrogen-bond donors (Lipinski definition) is 0. The summed E-state index contributed by atoms with van der Waals surface area (Å²) in [7, 11) is 1.31. The molecular weight excluding hydrogens is 511 g/mol. The van der Waals surface area contributed by atoms with E-state index in [1.54, 1.807) is 0 Å². The fraction of sp³-hybridized carbons (Fsp3) is 0.111. The summed E-state index contributed by atoms with van der Waals surface area (Å²) in [4.78, 5) is 0. The summed E-state index contributed by atoms with van der Waals surface area (Å²) in [5.74, 6) is 2.28. The van der Waals surface area contributed by atoms with Crippen molar-refractivity contribution in [2.24, 2.45) is 0 Å². The molecule has 0 fully saturated rings. The average Bonchev–Trinajstić information content (AvgIpc) is 2.72.